The molecule has 0 radical (unpaired) electrons. The van der Waals surface area contributed by atoms with Gasteiger partial charge in [-0.3, -0.25) is 4.79 Å². The van der Waals surface area contributed by atoms with Crippen LogP contribution in [0.1, 0.15) is 30.2 Å². The molecule has 3 heteroatoms. The molecule has 1 atom stereocenters. The lowest BCUT2D eigenvalue weighted by atomic mass is 10.0. The molecule has 3 nitrogen and oxygen atoms in total. The highest BCUT2D eigenvalue weighted by Crippen LogP contribution is 2.38. The molecule has 2 aliphatic heterocycles. The van der Waals surface area contributed by atoms with E-state index in [1.807, 2.05) is 11.0 Å². The van der Waals surface area contributed by atoms with Crippen LogP contribution in [0.25, 0.3) is 0 Å². The summed E-state index contributed by atoms with van der Waals surface area (Å²) in [4.78, 5) is 13.4. The van der Waals surface area contributed by atoms with E-state index >= 15 is 0 Å². The van der Waals surface area contributed by atoms with Crippen molar-refractivity contribution in [3.63, 3.8) is 0 Å². The van der Waals surface area contributed by atoms with Gasteiger partial charge in [0.2, 0.25) is 5.91 Å². The van der Waals surface area contributed by atoms with Crippen molar-refractivity contribution in [3.05, 3.63) is 23.7 Å². The average Bonchev–Trinajstić information content (AvgIpc) is 2.70. The quantitative estimate of drug-likeness (QED) is 0.601. The normalized spacial score (nSPS) is 26.0. The SMILES string of the molecule is O=C1CCC2c3occc3CCN12. The third kappa shape index (κ3) is 0.870. The summed E-state index contributed by atoms with van der Waals surface area (Å²) in [6, 6.07) is 2.27. The molecule has 1 saturated heterocycles. The maximum absolute atomic E-state index is 11.4. The number of rotatable bonds is 0. The topological polar surface area (TPSA) is 33.5 Å². The molecule has 3 rings (SSSR count). The highest BCUT2D eigenvalue weighted by atomic mass is 16.3. The van der Waals surface area contributed by atoms with E-state index in [4.69, 9.17) is 4.42 Å². The molecule has 0 aliphatic carbocycles. The average molecular weight is 177 g/mol. The van der Waals surface area contributed by atoms with Gasteiger partial charge in [0.05, 0.1) is 12.3 Å². The first-order valence-electron chi connectivity index (χ1n) is 4.72. The van der Waals surface area contributed by atoms with Crippen LogP contribution in [0, 0.1) is 0 Å². The van der Waals surface area contributed by atoms with E-state index in [9.17, 15) is 4.79 Å². The van der Waals surface area contributed by atoms with Crippen LogP contribution in [-0.2, 0) is 11.2 Å². The monoisotopic (exact) mass is 177 g/mol. The Kier molecular flexibility index (Phi) is 1.31. The first-order valence-corrected chi connectivity index (χ1v) is 4.72. The molecule has 13 heavy (non-hydrogen) atoms. The van der Waals surface area contributed by atoms with Crippen molar-refractivity contribution >= 4 is 5.91 Å². The molecule has 1 unspecified atom stereocenters. The van der Waals surface area contributed by atoms with Crippen LogP contribution in [0.4, 0.5) is 0 Å². The number of furan rings is 1. The molecule has 1 fully saturated rings. The highest BCUT2D eigenvalue weighted by molar-refractivity contribution is 5.79. The van der Waals surface area contributed by atoms with Gasteiger partial charge < -0.3 is 9.32 Å². The van der Waals surface area contributed by atoms with Gasteiger partial charge in [0.15, 0.2) is 0 Å². The van der Waals surface area contributed by atoms with E-state index in [0.717, 1.165) is 25.1 Å². The van der Waals surface area contributed by atoms with Gasteiger partial charge in [-0.05, 0) is 24.5 Å². The van der Waals surface area contributed by atoms with E-state index in [0.29, 0.717) is 6.42 Å². The van der Waals surface area contributed by atoms with Crippen LogP contribution in [0.5, 0.6) is 0 Å². The van der Waals surface area contributed by atoms with Crippen LogP contribution in [0.2, 0.25) is 0 Å². The molecular weight excluding hydrogens is 166 g/mol. The predicted molar refractivity (Wildman–Crippen MR) is 46.1 cm³/mol. The second kappa shape index (κ2) is 2.37. The van der Waals surface area contributed by atoms with E-state index in [2.05, 4.69) is 0 Å². The highest BCUT2D eigenvalue weighted by Gasteiger charge is 2.37. The number of carbonyl (C=O) groups excluding carboxylic acids is 1. The van der Waals surface area contributed by atoms with Gasteiger partial charge in [0, 0.05) is 13.0 Å². The number of carbonyl (C=O) groups is 1. The lowest BCUT2D eigenvalue weighted by molar-refractivity contribution is -0.129. The molecule has 0 N–H and O–H groups in total. The smallest absolute Gasteiger partial charge is 0.223 e. The second-order valence-corrected chi connectivity index (χ2v) is 3.70. The van der Waals surface area contributed by atoms with E-state index in [-0.39, 0.29) is 11.9 Å². The van der Waals surface area contributed by atoms with Crippen LogP contribution in [-0.4, -0.2) is 17.4 Å². The Morgan fingerprint density at radius 3 is 3.31 bits per heavy atom. The summed E-state index contributed by atoms with van der Waals surface area (Å²) in [7, 11) is 0. The summed E-state index contributed by atoms with van der Waals surface area (Å²) in [5.74, 6) is 1.31. The molecule has 2 aliphatic rings. The van der Waals surface area contributed by atoms with E-state index in [1.54, 1.807) is 6.26 Å². The third-order valence-corrected chi connectivity index (χ3v) is 3.03. The number of amides is 1. The number of nitrogens with zero attached hydrogens (tertiary/aromatic N) is 1. The number of fused-ring (bicyclic) bond motifs is 3. The fraction of sp³-hybridized carbons (Fsp3) is 0.500. The zero-order valence-electron chi connectivity index (χ0n) is 7.32. The van der Waals surface area contributed by atoms with Gasteiger partial charge in [0.25, 0.3) is 0 Å². The zero-order valence-corrected chi connectivity index (χ0v) is 7.32. The Labute approximate surface area is 76.3 Å². The summed E-state index contributed by atoms with van der Waals surface area (Å²) in [6.07, 6.45) is 4.30. The van der Waals surface area contributed by atoms with Crippen molar-refractivity contribution in [2.45, 2.75) is 25.3 Å². The van der Waals surface area contributed by atoms with Gasteiger partial charge in [-0.2, -0.15) is 0 Å². The molecule has 3 heterocycles. The van der Waals surface area contributed by atoms with Crippen LogP contribution in [0.15, 0.2) is 16.7 Å². The zero-order chi connectivity index (χ0) is 8.84. The largest absolute Gasteiger partial charge is 0.467 e. The van der Waals surface area contributed by atoms with Gasteiger partial charge in [0.1, 0.15) is 5.76 Å². The first-order chi connectivity index (χ1) is 6.36. The minimum absolute atomic E-state index is 0.242. The summed E-state index contributed by atoms with van der Waals surface area (Å²) in [5.41, 5.74) is 1.29. The Morgan fingerprint density at radius 1 is 1.46 bits per heavy atom. The first kappa shape index (κ1) is 7.18. The van der Waals surface area contributed by atoms with Gasteiger partial charge in [-0.25, -0.2) is 0 Å². The third-order valence-electron chi connectivity index (χ3n) is 3.03. The minimum Gasteiger partial charge on any atom is -0.467 e. The van der Waals surface area contributed by atoms with Crippen molar-refractivity contribution in [3.8, 4) is 0 Å². The van der Waals surface area contributed by atoms with E-state index < -0.39 is 0 Å². The predicted octanol–water partition coefficient (Wildman–Crippen LogP) is 1.50. The fourth-order valence-corrected chi connectivity index (χ4v) is 2.37. The molecule has 1 amide bonds. The Balaban J connectivity index is 2.05. The van der Waals surface area contributed by atoms with E-state index in [1.165, 1.54) is 5.56 Å². The van der Waals surface area contributed by atoms with Gasteiger partial charge in [-0.15, -0.1) is 0 Å². The summed E-state index contributed by atoms with van der Waals surface area (Å²) >= 11 is 0. The fourth-order valence-electron chi connectivity index (χ4n) is 2.37. The van der Waals surface area contributed by atoms with Crippen LogP contribution >= 0.6 is 0 Å². The molecule has 0 saturated carbocycles. The van der Waals surface area contributed by atoms with Crippen molar-refractivity contribution < 1.29 is 9.21 Å². The summed E-state index contributed by atoms with van der Waals surface area (Å²) in [6.45, 7) is 0.871. The Morgan fingerprint density at radius 2 is 2.38 bits per heavy atom. The molecule has 1 aromatic heterocycles. The summed E-state index contributed by atoms with van der Waals surface area (Å²) < 4.78 is 5.42. The minimum atomic E-state index is 0.242. The van der Waals surface area contributed by atoms with Gasteiger partial charge in [-0.1, -0.05) is 0 Å². The van der Waals surface area contributed by atoms with Crippen molar-refractivity contribution in [2.75, 3.05) is 6.54 Å². The second-order valence-electron chi connectivity index (χ2n) is 3.70. The van der Waals surface area contributed by atoms with Gasteiger partial charge >= 0.3 is 0 Å². The maximum atomic E-state index is 11.4. The Bertz CT molecular complexity index is 356. The van der Waals surface area contributed by atoms with Crippen molar-refractivity contribution in [2.24, 2.45) is 0 Å². The molecule has 68 valence electrons. The van der Waals surface area contributed by atoms with Crippen molar-refractivity contribution in [1.29, 1.82) is 0 Å². The number of hydrogen-bond acceptors (Lipinski definition) is 2. The molecule has 0 bridgehead atoms. The van der Waals surface area contributed by atoms with Crippen LogP contribution < -0.4 is 0 Å². The molecule has 0 spiro atoms. The lowest BCUT2D eigenvalue weighted by Crippen LogP contribution is -2.33. The van der Waals surface area contributed by atoms with Crippen LogP contribution in [0.3, 0.4) is 0 Å². The molecular formula is C10H11NO2. The summed E-state index contributed by atoms with van der Waals surface area (Å²) in [5, 5.41) is 0. The maximum Gasteiger partial charge on any atom is 0.223 e. The standard InChI is InChI=1S/C10H11NO2/c12-9-2-1-8-10-7(4-6-13-10)3-5-11(8)9/h4,6,8H,1-3,5H2. The lowest BCUT2D eigenvalue weighted by Gasteiger charge is -2.28. The molecule has 1 aromatic rings. The van der Waals surface area contributed by atoms with Crippen molar-refractivity contribution in [1.82, 2.24) is 4.90 Å². The molecule has 0 aromatic carbocycles. The Hall–Kier alpha value is -1.25. The number of hydrogen-bond donors (Lipinski definition) is 0.